The predicted octanol–water partition coefficient (Wildman–Crippen LogP) is 0.874. The molecule has 0 aliphatic carbocycles. The molecule has 3 heteroatoms. The standard InChI is InChI=1S/C10H13O3/c11-6-7-12-8-9-13-10-4-2-1-3-5-10/h1-2,4-5,11H,6-9H2. The van der Waals surface area contributed by atoms with E-state index in [9.17, 15) is 0 Å². The molecule has 0 aliphatic heterocycles. The molecule has 0 saturated heterocycles. The van der Waals surface area contributed by atoms with E-state index in [2.05, 4.69) is 6.07 Å². The zero-order valence-corrected chi connectivity index (χ0v) is 7.40. The van der Waals surface area contributed by atoms with Gasteiger partial charge in [-0.25, -0.2) is 0 Å². The van der Waals surface area contributed by atoms with Crippen LogP contribution in [0.25, 0.3) is 0 Å². The molecule has 0 saturated carbocycles. The Morgan fingerprint density at radius 2 is 2.23 bits per heavy atom. The highest BCUT2D eigenvalue weighted by Crippen LogP contribution is 2.06. The van der Waals surface area contributed by atoms with Crippen molar-refractivity contribution in [3.8, 4) is 5.75 Å². The second-order valence-corrected chi connectivity index (χ2v) is 2.42. The third kappa shape index (κ3) is 4.50. The molecule has 0 bridgehead atoms. The van der Waals surface area contributed by atoms with Gasteiger partial charge < -0.3 is 14.6 Å². The fourth-order valence-electron chi connectivity index (χ4n) is 0.852. The summed E-state index contributed by atoms with van der Waals surface area (Å²) >= 11 is 0. The molecular weight excluding hydrogens is 168 g/mol. The topological polar surface area (TPSA) is 38.7 Å². The Bertz CT molecular complexity index is 211. The Morgan fingerprint density at radius 3 is 2.92 bits per heavy atom. The summed E-state index contributed by atoms with van der Waals surface area (Å²) in [7, 11) is 0. The van der Waals surface area contributed by atoms with Crippen LogP contribution in [-0.2, 0) is 4.74 Å². The number of benzene rings is 1. The highest BCUT2D eigenvalue weighted by molar-refractivity contribution is 5.19. The van der Waals surface area contributed by atoms with Gasteiger partial charge in [-0.05, 0) is 18.2 Å². The van der Waals surface area contributed by atoms with E-state index in [4.69, 9.17) is 14.6 Å². The van der Waals surface area contributed by atoms with Gasteiger partial charge in [0, 0.05) is 0 Å². The molecule has 1 aromatic carbocycles. The van der Waals surface area contributed by atoms with Crippen LogP contribution in [0.1, 0.15) is 0 Å². The fraction of sp³-hybridized carbons (Fsp3) is 0.400. The van der Waals surface area contributed by atoms with Crippen LogP contribution in [-0.4, -0.2) is 31.5 Å². The Kier molecular flexibility index (Phi) is 4.98. The second-order valence-electron chi connectivity index (χ2n) is 2.42. The number of hydrogen-bond donors (Lipinski definition) is 1. The van der Waals surface area contributed by atoms with Crippen LogP contribution in [0.3, 0.4) is 0 Å². The Morgan fingerprint density at radius 1 is 1.31 bits per heavy atom. The average molecular weight is 181 g/mol. The monoisotopic (exact) mass is 181 g/mol. The molecule has 0 aromatic heterocycles. The molecule has 13 heavy (non-hydrogen) atoms. The maximum Gasteiger partial charge on any atom is 0.120 e. The van der Waals surface area contributed by atoms with Crippen LogP contribution in [0.5, 0.6) is 5.75 Å². The van der Waals surface area contributed by atoms with E-state index >= 15 is 0 Å². The largest absolute Gasteiger partial charge is 0.491 e. The minimum Gasteiger partial charge on any atom is -0.491 e. The van der Waals surface area contributed by atoms with Crippen molar-refractivity contribution in [2.24, 2.45) is 0 Å². The van der Waals surface area contributed by atoms with E-state index in [1.807, 2.05) is 18.2 Å². The Hall–Kier alpha value is -1.06. The van der Waals surface area contributed by atoms with Crippen molar-refractivity contribution in [3.05, 3.63) is 30.3 Å². The molecule has 0 fully saturated rings. The van der Waals surface area contributed by atoms with Crippen molar-refractivity contribution < 1.29 is 14.6 Å². The molecule has 0 aliphatic rings. The van der Waals surface area contributed by atoms with Gasteiger partial charge in [-0.15, -0.1) is 0 Å². The zero-order chi connectivity index (χ0) is 9.36. The molecule has 71 valence electrons. The van der Waals surface area contributed by atoms with E-state index in [-0.39, 0.29) is 6.61 Å². The van der Waals surface area contributed by atoms with Gasteiger partial charge in [0.25, 0.3) is 0 Å². The summed E-state index contributed by atoms with van der Waals surface area (Å²) in [5.41, 5.74) is 0. The lowest BCUT2D eigenvalue weighted by Crippen LogP contribution is -2.08. The van der Waals surface area contributed by atoms with Crippen molar-refractivity contribution >= 4 is 0 Å². The lowest BCUT2D eigenvalue weighted by molar-refractivity contribution is 0.0705. The highest BCUT2D eigenvalue weighted by Gasteiger charge is 1.91. The summed E-state index contributed by atoms with van der Waals surface area (Å²) in [4.78, 5) is 0. The first-order valence-corrected chi connectivity index (χ1v) is 4.21. The van der Waals surface area contributed by atoms with Crippen LogP contribution < -0.4 is 4.74 Å². The summed E-state index contributed by atoms with van der Waals surface area (Å²) in [6.07, 6.45) is 0. The number of hydrogen-bond acceptors (Lipinski definition) is 3. The summed E-state index contributed by atoms with van der Waals surface area (Å²) in [6.45, 7) is 1.41. The quantitative estimate of drug-likeness (QED) is 0.662. The van der Waals surface area contributed by atoms with Gasteiger partial charge in [0.05, 0.1) is 19.8 Å². The number of rotatable bonds is 6. The van der Waals surface area contributed by atoms with E-state index in [0.29, 0.717) is 19.8 Å². The molecular formula is C10H13O3. The molecule has 0 spiro atoms. The molecule has 3 nitrogen and oxygen atoms in total. The van der Waals surface area contributed by atoms with Gasteiger partial charge in [-0.2, -0.15) is 0 Å². The molecule has 1 N–H and O–H groups in total. The first-order valence-electron chi connectivity index (χ1n) is 4.21. The highest BCUT2D eigenvalue weighted by atomic mass is 16.5. The first kappa shape index (κ1) is 10.0. The summed E-state index contributed by atoms with van der Waals surface area (Å²) in [6, 6.07) is 10.2. The maximum atomic E-state index is 8.41. The van der Waals surface area contributed by atoms with Crippen molar-refractivity contribution in [3.63, 3.8) is 0 Å². The minimum absolute atomic E-state index is 0.0547. The van der Waals surface area contributed by atoms with E-state index in [1.165, 1.54) is 0 Å². The van der Waals surface area contributed by atoms with Gasteiger partial charge >= 0.3 is 0 Å². The van der Waals surface area contributed by atoms with Gasteiger partial charge in [0.2, 0.25) is 0 Å². The molecule has 1 rings (SSSR count). The Balaban J connectivity index is 2.07. The lowest BCUT2D eigenvalue weighted by atomic mass is 10.3. The molecule has 0 amide bonds. The fourth-order valence-corrected chi connectivity index (χ4v) is 0.852. The minimum atomic E-state index is 0.0547. The summed E-state index contributed by atoms with van der Waals surface area (Å²) < 4.78 is 10.3. The van der Waals surface area contributed by atoms with E-state index in [1.54, 1.807) is 6.07 Å². The van der Waals surface area contributed by atoms with Crippen LogP contribution in [0.2, 0.25) is 0 Å². The molecule has 0 unspecified atom stereocenters. The SMILES string of the molecule is OCCOCCOc1c[c]ccc1. The number of ether oxygens (including phenoxy) is 2. The maximum absolute atomic E-state index is 8.41. The summed E-state index contributed by atoms with van der Waals surface area (Å²) in [5.74, 6) is 0.787. The van der Waals surface area contributed by atoms with Crippen LogP contribution in [0.4, 0.5) is 0 Å². The second kappa shape index (κ2) is 6.46. The van der Waals surface area contributed by atoms with Gasteiger partial charge in [-0.1, -0.05) is 12.1 Å². The smallest absolute Gasteiger partial charge is 0.120 e. The van der Waals surface area contributed by atoms with Gasteiger partial charge in [0.15, 0.2) is 0 Å². The molecule has 1 radical (unpaired) electrons. The van der Waals surface area contributed by atoms with Crippen LogP contribution in [0, 0.1) is 6.07 Å². The number of aliphatic hydroxyl groups is 1. The average Bonchev–Trinajstić information content (AvgIpc) is 2.19. The van der Waals surface area contributed by atoms with Crippen molar-refractivity contribution in [2.75, 3.05) is 26.4 Å². The van der Waals surface area contributed by atoms with Crippen LogP contribution in [0.15, 0.2) is 24.3 Å². The molecule has 0 heterocycles. The third-order valence-electron chi connectivity index (χ3n) is 1.41. The van der Waals surface area contributed by atoms with Crippen molar-refractivity contribution in [1.82, 2.24) is 0 Å². The third-order valence-corrected chi connectivity index (χ3v) is 1.41. The van der Waals surface area contributed by atoms with Crippen molar-refractivity contribution in [1.29, 1.82) is 0 Å². The van der Waals surface area contributed by atoms with Gasteiger partial charge in [-0.3, -0.25) is 0 Å². The predicted molar refractivity (Wildman–Crippen MR) is 48.7 cm³/mol. The zero-order valence-electron chi connectivity index (χ0n) is 7.40. The summed E-state index contributed by atoms with van der Waals surface area (Å²) in [5, 5.41) is 8.41. The first-order chi connectivity index (χ1) is 6.43. The van der Waals surface area contributed by atoms with E-state index in [0.717, 1.165) is 5.75 Å². The van der Waals surface area contributed by atoms with E-state index < -0.39 is 0 Å². The van der Waals surface area contributed by atoms with Crippen molar-refractivity contribution in [2.45, 2.75) is 0 Å². The Labute approximate surface area is 77.9 Å². The van der Waals surface area contributed by atoms with Gasteiger partial charge in [0.1, 0.15) is 12.4 Å². The molecule has 1 aromatic rings. The lowest BCUT2D eigenvalue weighted by Gasteiger charge is -2.05. The normalized spacial score (nSPS) is 9.92. The number of aliphatic hydroxyl groups excluding tert-OH is 1. The molecule has 0 atom stereocenters. The van der Waals surface area contributed by atoms with Crippen LogP contribution >= 0.6 is 0 Å².